The van der Waals surface area contributed by atoms with Crippen molar-refractivity contribution in [2.24, 2.45) is 0 Å². The minimum atomic E-state index is 0. The molecule has 0 aromatic heterocycles. The first-order chi connectivity index (χ1) is 9.29. The molecule has 0 aliphatic heterocycles. The quantitative estimate of drug-likeness (QED) is 0.459. The number of benzene rings is 1. The largest absolute Gasteiger partial charge is 1.00 e. The molecule has 1 nitrogen and oxygen atoms in total. The Kier molecular flexibility index (Phi) is 10.9. The third kappa shape index (κ3) is 5.85. The van der Waals surface area contributed by atoms with Gasteiger partial charge in [-0.3, -0.25) is 4.48 Å². The van der Waals surface area contributed by atoms with Crippen LogP contribution < -0.4 is 16.9 Å². The Morgan fingerprint density at radius 1 is 0.750 bits per heavy atom. The maximum Gasteiger partial charge on any atom is 0.132 e. The summed E-state index contributed by atoms with van der Waals surface area (Å²) in [4.78, 5) is 0. The molecular weight excluding hydrogens is 266 g/mol. The minimum absolute atomic E-state index is 0. The lowest BCUT2D eigenvalue weighted by Crippen LogP contribution is -3.00. The second kappa shape index (κ2) is 11.2. The normalized spacial score (nSPS) is 11.2. The Hall–Kier alpha value is -0.530. The van der Waals surface area contributed by atoms with Crippen LogP contribution in [0.1, 0.15) is 59.3 Å². The SMILES string of the molecule is CCCCCCCC[N+](CC)(CC)c1ccccc1.[Cl-]. The second-order valence-electron chi connectivity index (χ2n) is 5.60. The molecule has 1 aromatic carbocycles. The highest BCUT2D eigenvalue weighted by atomic mass is 35.5. The van der Waals surface area contributed by atoms with E-state index in [-0.39, 0.29) is 12.4 Å². The van der Waals surface area contributed by atoms with Crippen molar-refractivity contribution in [3.63, 3.8) is 0 Å². The van der Waals surface area contributed by atoms with E-state index in [0.29, 0.717) is 0 Å². The van der Waals surface area contributed by atoms with Crippen molar-refractivity contribution in [3.8, 4) is 0 Å². The molecule has 1 aromatic rings. The molecule has 0 atom stereocenters. The Labute approximate surface area is 132 Å². The highest BCUT2D eigenvalue weighted by molar-refractivity contribution is 5.42. The number of hydrogen-bond acceptors (Lipinski definition) is 0. The fourth-order valence-corrected chi connectivity index (χ4v) is 2.97. The Balaban J connectivity index is 0.00000361. The third-order valence-electron chi connectivity index (χ3n) is 4.45. The van der Waals surface area contributed by atoms with Crippen LogP contribution in [-0.4, -0.2) is 19.6 Å². The van der Waals surface area contributed by atoms with E-state index in [1.165, 1.54) is 63.8 Å². The first-order valence-electron chi connectivity index (χ1n) is 8.20. The van der Waals surface area contributed by atoms with Gasteiger partial charge in [-0.2, -0.15) is 0 Å². The number of nitrogens with zero attached hydrogens (tertiary/aromatic N) is 1. The maximum absolute atomic E-state index is 2.33. The van der Waals surface area contributed by atoms with Crippen LogP contribution in [0, 0.1) is 0 Å². The molecule has 0 bridgehead atoms. The van der Waals surface area contributed by atoms with Crippen molar-refractivity contribution in [1.29, 1.82) is 0 Å². The lowest BCUT2D eigenvalue weighted by atomic mass is 10.1. The van der Waals surface area contributed by atoms with Gasteiger partial charge in [-0.15, -0.1) is 0 Å². The number of halogens is 1. The van der Waals surface area contributed by atoms with Gasteiger partial charge in [-0.1, -0.05) is 50.8 Å². The van der Waals surface area contributed by atoms with Gasteiger partial charge in [-0.05, 0) is 38.8 Å². The van der Waals surface area contributed by atoms with Crippen LogP contribution in [0.5, 0.6) is 0 Å². The number of hydrogen-bond donors (Lipinski definition) is 0. The van der Waals surface area contributed by atoms with Gasteiger partial charge >= 0.3 is 0 Å². The number of rotatable bonds is 10. The molecular formula is C18H32ClN. The zero-order valence-electron chi connectivity index (χ0n) is 13.6. The fraction of sp³-hybridized carbons (Fsp3) is 0.667. The molecule has 20 heavy (non-hydrogen) atoms. The molecule has 0 saturated heterocycles. The summed E-state index contributed by atoms with van der Waals surface area (Å²) in [6.07, 6.45) is 8.33. The molecule has 0 N–H and O–H groups in total. The molecule has 0 fully saturated rings. The van der Waals surface area contributed by atoms with Crippen LogP contribution in [0.15, 0.2) is 30.3 Å². The summed E-state index contributed by atoms with van der Waals surface area (Å²) in [6, 6.07) is 11.1. The van der Waals surface area contributed by atoms with Gasteiger partial charge in [0, 0.05) is 0 Å². The molecule has 0 saturated carbocycles. The van der Waals surface area contributed by atoms with Crippen molar-refractivity contribution in [1.82, 2.24) is 4.48 Å². The van der Waals surface area contributed by atoms with Crippen molar-refractivity contribution < 1.29 is 12.4 Å². The van der Waals surface area contributed by atoms with E-state index >= 15 is 0 Å². The molecule has 0 heterocycles. The Morgan fingerprint density at radius 3 is 1.85 bits per heavy atom. The van der Waals surface area contributed by atoms with E-state index in [1.807, 2.05) is 0 Å². The van der Waals surface area contributed by atoms with E-state index in [0.717, 1.165) is 4.48 Å². The van der Waals surface area contributed by atoms with E-state index < -0.39 is 0 Å². The predicted octanol–water partition coefficient (Wildman–Crippen LogP) is 2.40. The van der Waals surface area contributed by atoms with Crippen LogP contribution in [0.3, 0.4) is 0 Å². The molecule has 2 heteroatoms. The van der Waals surface area contributed by atoms with Gasteiger partial charge in [0.05, 0.1) is 19.6 Å². The van der Waals surface area contributed by atoms with Crippen molar-refractivity contribution >= 4 is 5.69 Å². The maximum atomic E-state index is 2.33. The molecule has 0 amide bonds. The molecule has 0 aliphatic rings. The van der Waals surface area contributed by atoms with Gasteiger partial charge in [-0.25, -0.2) is 0 Å². The van der Waals surface area contributed by atoms with Crippen LogP contribution in [0.25, 0.3) is 0 Å². The summed E-state index contributed by atoms with van der Waals surface area (Å²) in [5, 5.41) is 0. The predicted molar refractivity (Wildman–Crippen MR) is 87.6 cm³/mol. The third-order valence-corrected chi connectivity index (χ3v) is 4.45. The van der Waals surface area contributed by atoms with Gasteiger partial charge in [0.1, 0.15) is 5.69 Å². The molecule has 0 aliphatic carbocycles. The molecule has 116 valence electrons. The van der Waals surface area contributed by atoms with Crippen LogP contribution >= 0.6 is 0 Å². The van der Waals surface area contributed by atoms with Crippen LogP contribution in [0.2, 0.25) is 0 Å². The highest BCUT2D eigenvalue weighted by Gasteiger charge is 2.25. The highest BCUT2D eigenvalue weighted by Crippen LogP contribution is 2.23. The number of para-hydroxylation sites is 1. The molecule has 0 spiro atoms. The van der Waals surface area contributed by atoms with Crippen molar-refractivity contribution in [3.05, 3.63) is 30.3 Å². The smallest absolute Gasteiger partial charge is 0.132 e. The van der Waals surface area contributed by atoms with Gasteiger partial charge in [0.2, 0.25) is 0 Å². The lowest BCUT2D eigenvalue weighted by Gasteiger charge is -2.36. The Bertz CT molecular complexity index is 319. The zero-order chi connectivity index (χ0) is 14.0. The summed E-state index contributed by atoms with van der Waals surface area (Å²) in [5.41, 5.74) is 1.49. The van der Waals surface area contributed by atoms with E-state index in [2.05, 4.69) is 51.1 Å². The van der Waals surface area contributed by atoms with Gasteiger partial charge < -0.3 is 12.4 Å². The van der Waals surface area contributed by atoms with E-state index in [4.69, 9.17) is 0 Å². The number of quaternary nitrogens is 1. The monoisotopic (exact) mass is 297 g/mol. The standard InChI is InChI=1S/C18H32N.ClH/c1-4-7-8-9-10-14-17-19(5-2,6-3)18-15-12-11-13-16-18;/h11-13,15-16H,4-10,14,17H2,1-3H3;1H/q+1;/p-1. The van der Waals surface area contributed by atoms with Gasteiger partial charge in [0.15, 0.2) is 0 Å². The van der Waals surface area contributed by atoms with Crippen molar-refractivity contribution in [2.45, 2.75) is 59.3 Å². The summed E-state index contributed by atoms with van der Waals surface area (Å²) in [5.74, 6) is 0. The molecule has 1 rings (SSSR count). The van der Waals surface area contributed by atoms with Gasteiger partial charge in [0.25, 0.3) is 0 Å². The second-order valence-corrected chi connectivity index (χ2v) is 5.60. The van der Waals surface area contributed by atoms with Crippen LogP contribution in [-0.2, 0) is 0 Å². The van der Waals surface area contributed by atoms with Crippen LogP contribution in [0.4, 0.5) is 5.69 Å². The van der Waals surface area contributed by atoms with E-state index in [9.17, 15) is 0 Å². The average Bonchev–Trinajstić information content (AvgIpc) is 2.48. The summed E-state index contributed by atoms with van der Waals surface area (Å²) < 4.78 is 1.15. The molecule has 0 radical (unpaired) electrons. The number of unbranched alkanes of at least 4 members (excludes halogenated alkanes) is 5. The topological polar surface area (TPSA) is 0 Å². The minimum Gasteiger partial charge on any atom is -1.00 e. The first kappa shape index (κ1) is 19.5. The van der Waals surface area contributed by atoms with E-state index in [1.54, 1.807) is 0 Å². The lowest BCUT2D eigenvalue weighted by molar-refractivity contribution is -0.00000417. The summed E-state index contributed by atoms with van der Waals surface area (Å²) in [7, 11) is 0. The first-order valence-corrected chi connectivity index (χ1v) is 8.20. The fourth-order valence-electron chi connectivity index (χ4n) is 2.97. The average molecular weight is 298 g/mol. The Morgan fingerprint density at radius 2 is 1.30 bits per heavy atom. The summed E-state index contributed by atoms with van der Waals surface area (Å²) >= 11 is 0. The van der Waals surface area contributed by atoms with Crippen molar-refractivity contribution in [2.75, 3.05) is 19.6 Å². The molecule has 0 unspecified atom stereocenters. The zero-order valence-corrected chi connectivity index (χ0v) is 14.3. The summed E-state index contributed by atoms with van der Waals surface area (Å²) in [6.45, 7) is 10.6.